The minimum absolute atomic E-state index is 0.124. The van der Waals surface area contributed by atoms with Crippen LogP contribution >= 0.6 is 34.5 Å². The molecule has 0 radical (unpaired) electrons. The van der Waals surface area contributed by atoms with E-state index < -0.39 is 0 Å². The van der Waals surface area contributed by atoms with Crippen molar-refractivity contribution in [1.29, 1.82) is 0 Å². The maximum atomic E-state index is 12.1. The third-order valence-electron chi connectivity index (χ3n) is 4.90. The predicted octanol–water partition coefficient (Wildman–Crippen LogP) is 4.10. The first-order chi connectivity index (χ1) is 13.5. The molecule has 1 N–H and O–H groups in total. The molecule has 3 heterocycles. The van der Waals surface area contributed by atoms with Gasteiger partial charge < -0.3 is 5.32 Å². The van der Waals surface area contributed by atoms with Gasteiger partial charge in [0.15, 0.2) is 0 Å². The van der Waals surface area contributed by atoms with Crippen LogP contribution in [-0.2, 0) is 13.0 Å². The molecule has 0 spiro atoms. The van der Waals surface area contributed by atoms with Crippen LogP contribution in [0.25, 0.3) is 4.96 Å². The van der Waals surface area contributed by atoms with E-state index in [4.69, 9.17) is 23.2 Å². The smallest absolute Gasteiger partial charge is 0.275 e. The molecule has 1 aromatic carbocycles. The van der Waals surface area contributed by atoms with Crippen LogP contribution in [0.1, 0.15) is 31.0 Å². The number of nitrogens with one attached hydrogen (secondary N) is 1. The second-order valence-electron chi connectivity index (χ2n) is 7.01. The van der Waals surface area contributed by atoms with E-state index in [0.29, 0.717) is 21.0 Å². The summed E-state index contributed by atoms with van der Waals surface area (Å²) < 4.78 is 1.38. The second-order valence-corrected chi connectivity index (χ2v) is 8.84. The van der Waals surface area contributed by atoms with Gasteiger partial charge in [-0.1, -0.05) is 41.5 Å². The van der Waals surface area contributed by atoms with Gasteiger partial charge in [-0.05, 0) is 43.0 Å². The predicted molar refractivity (Wildman–Crippen MR) is 115 cm³/mol. The molecule has 0 unspecified atom stereocenters. The lowest BCUT2D eigenvalue weighted by Gasteiger charge is -2.32. The first kappa shape index (κ1) is 19.6. The van der Waals surface area contributed by atoms with Crippen LogP contribution < -0.4 is 10.9 Å². The summed E-state index contributed by atoms with van der Waals surface area (Å²) in [6, 6.07) is 7.57. The summed E-state index contributed by atoms with van der Waals surface area (Å²) in [5.41, 5.74) is 1.81. The standard InChI is InChI=1S/C19H21Cl2N5OS/c1-2-15-10-17(27)26-19(23-15)28-18(24-26)22-16-3-5-25(6-4-16)11-12-7-13(20)9-14(21)8-12/h7-10,16H,2-6,11H2,1H3,(H,22,24). The van der Waals surface area contributed by atoms with Crippen molar-refractivity contribution >= 4 is 44.6 Å². The van der Waals surface area contributed by atoms with Crippen molar-refractivity contribution in [2.24, 2.45) is 0 Å². The minimum Gasteiger partial charge on any atom is -0.357 e. The van der Waals surface area contributed by atoms with E-state index in [0.717, 1.165) is 55.3 Å². The largest absolute Gasteiger partial charge is 0.357 e. The first-order valence-corrected chi connectivity index (χ1v) is 10.9. The number of halogens is 2. The summed E-state index contributed by atoms with van der Waals surface area (Å²) in [7, 11) is 0. The summed E-state index contributed by atoms with van der Waals surface area (Å²) in [5, 5.41) is 9.96. The number of aromatic nitrogens is 3. The third-order valence-corrected chi connectivity index (χ3v) is 6.18. The number of aryl methyl sites for hydroxylation is 1. The fourth-order valence-corrected chi connectivity index (χ4v) is 4.94. The summed E-state index contributed by atoms with van der Waals surface area (Å²) in [4.78, 5) is 19.7. The van der Waals surface area contributed by atoms with E-state index >= 15 is 0 Å². The average Bonchev–Trinajstić information content (AvgIpc) is 3.05. The molecule has 0 saturated carbocycles. The summed E-state index contributed by atoms with van der Waals surface area (Å²) >= 11 is 13.6. The van der Waals surface area contributed by atoms with Gasteiger partial charge in [-0.2, -0.15) is 4.52 Å². The molecule has 1 fully saturated rings. The van der Waals surface area contributed by atoms with Gasteiger partial charge in [0, 0.05) is 47.5 Å². The summed E-state index contributed by atoms with van der Waals surface area (Å²) in [6.07, 6.45) is 2.75. The molecule has 2 aromatic heterocycles. The van der Waals surface area contributed by atoms with Crippen molar-refractivity contribution in [3.63, 3.8) is 0 Å². The number of nitrogens with zero attached hydrogens (tertiary/aromatic N) is 4. The minimum atomic E-state index is -0.124. The van der Waals surface area contributed by atoms with Crippen LogP contribution in [0.15, 0.2) is 29.1 Å². The van der Waals surface area contributed by atoms with E-state index in [1.165, 1.54) is 15.9 Å². The molecule has 1 saturated heterocycles. The molecule has 6 nitrogen and oxygen atoms in total. The lowest BCUT2D eigenvalue weighted by Crippen LogP contribution is -2.38. The van der Waals surface area contributed by atoms with E-state index in [9.17, 15) is 4.79 Å². The fourth-order valence-electron chi connectivity index (χ4n) is 3.47. The van der Waals surface area contributed by atoms with Crippen LogP contribution in [0.3, 0.4) is 0 Å². The Kier molecular flexibility index (Phi) is 5.87. The highest BCUT2D eigenvalue weighted by Gasteiger charge is 2.21. The lowest BCUT2D eigenvalue weighted by molar-refractivity contribution is 0.211. The van der Waals surface area contributed by atoms with Gasteiger partial charge in [0.05, 0.1) is 0 Å². The number of fused-ring (bicyclic) bond motifs is 1. The van der Waals surface area contributed by atoms with Gasteiger partial charge in [0.1, 0.15) is 0 Å². The molecule has 0 amide bonds. The quantitative estimate of drug-likeness (QED) is 0.650. The molecule has 0 aliphatic carbocycles. The van der Waals surface area contributed by atoms with Crippen molar-refractivity contribution in [2.45, 2.75) is 38.8 Å². The molecular weight excluding hydrogens is 417 g/mol. The zero-order valence-corrected chi connectivity index (χ0v) is 17.8. The second kappa shape index (κ2) is 8.37. The van der Waals surface area contributed by atoms with E-state index in [2.05, 4.69) is 20.3 Å². The highest BCUT2D eigenvalue weighted by atomic mass is 35.5. The van der Waals surface area contributed by atoms with Crippen LogP contribution in [0, 0.1) is 0 Å². The molecule has 148 valence electrons. The average molecular weight is 438 g/mol. The molecule has 1 aliphatic rings. The van der Waals surface area contributed by atoms with Crippen molar-refractivity contribution in [3.05, 3.63) is 55.9 Å². The summed E-state index contributed by atoms with van der Waals surface area (Å²) in [6.45, 7) is 4.78. The van der Waals surface area contributed by atoms with Gasteiger partial charge in [-0.3, -0.25) is 9.69 Å². The Balaban J connectivity index is 1.37. The summed E-state index contributed by atoms with van der Waals surface area (Å²) in [5.74, 6) is 0. The van der Waals surface area contributed by atoms with E-state index in [1.54, 1.807) is 12.1 Å². The number of likely N-dealkylation sites (tertiary alicyclic amines) is 1. The zero-order valence-electron chi connectivity index (χ0n) is 15.5. The van der Waals surface area contributed by atoms with Gasteiger partial charge in [0.2, 0.25) is 10.1 Å². The first-order valence-electron chi connectivity index (χ1n) is 9.34. The van der Waals surface area contributed by atoms with Crippen molar-refractivity contribution < 1.29 is 0 Å². The molecule has 3 aromatic rings. The number of piperidine rings is 1. The number of benzene rings is 1. The highest BCUT2D eigenvalue weighted by Crippen LogP contribution is 2.24. The molecule has 9 heteroatoms. The number of hydrogen-bond donors (Lipinski definition) is 1. The van der Waals surface area contributed by atoms with Gasteiger partial charge in [0.25, 0.3) is 5.56 Å². The van der Waals surface area contributed by atoms with Crippen molar-refractivity contribution in [2.75, 3.05) is 18.4 Å². The Morgan fingerprint density at radius 1 is 1.18 bits per heavy atom. The van der Waals surface area contributed by atoms with Gasteiger partial charge in [-0.25, -0.2) is 4.98 Å². The lowest BCUT2D eigenvalue weighted by atomic mass is 10.0. The Hall–Kier alpha value is -1.67. The number of anilines is 1. The van der Waals surface area contributed by atoms with Crippen LogP contribution in [-0.4, -0.2) is 38.6 Å². The van der Waals surface area contributed by atoms with E-state index in [-0.39, 0.29) is 5.56 Å². The Bertz CT molecular complexity index is 1020. The highest BCUT2D eigenvalue weighted by molar-refractivity contribution is 7.20. The molecule has 28 heavy (non-hydrogen) atoms. The van der Waals surface area contributed by atoms with Gasteiger partial charge >= 0.3 is 0 Å². The molecule has 0 bridgehead atoms. The third kappa shape index (κ3) is 4.49. The molecule has 0 atom stereocenters. The molecular formula is C19H21Cl2N5OS. The van der Waals surface area contributed by atoms with Crippen LogP contribution in [0.4, 0.5) is 5.13 Å². The fraction of sp³-hybridized carbons (Fsp3) is 0.421. The Labute approximate surface area is 177 Å². The zero-order chi connectivity index (χ0) is 19.7. The molecule has 4 rings (SSSR count). The Morgan fingerprint density at radius 2 is 1.89 bits per heavy atom. The SMILES string of the molecule is CCc1cc(=O)n2nc(NC3CCN(Cc4cc(Cl)cc(Cl)c4)CC3)sc2n1. The number of rotatable bonds is 5. The molecule has 1 aliphatic heterocycles. The van der Waals surface area contributed by atoms with E-state index in [1.807, 2.05) is 19.1 Å². The number of hydrogen-bond acceptors (Lipinski definition) is 6. The normalized spacial score (nSPS) is 16.0. The van der Waals surface area contributed by atoms with Crippen LogP contribution in [0.2, 0.25) is 10.0 Å². The van der Waals surface area contributed by atoms with Crippen LogP contribution in [0.5, 0.6) is 0 Å². The van der Waals surface area contributed by atoms with Crippen molar-refractivity contribution in [3.8, 4) is 0 Å². The van der Waals surface area contributed by atoms with Gasteiger partial charge in [-0.15, -0.1) is 5.10 Å². The maximum Gasteiger partial charge on any atom is 0.275 e. The van der Waals surface area contributed by atoms with Crippen molar-refractivity contribution in [1.82, 2.24) is 19.5 Å². The topological polar surface area (TPSA) is 62.5 Å². The Morgan fingerprint density at radius 3 is 2.57 bits per heavy atom. The maximum absolute atomic E-state index is 12.1. The monoisotopic (exact) mass is 437 g/mol.